The van der Waals surface area contributed by atoms with Crippen LogP contribution in [0.4, 0.5) is 11.4 Å². The van der Waals surface area contributed by atoms with Crippen molar-refractivity contribution in [2.45, 2.75) is 45.4 Å². The summed E-state index contributed by atoms with van der Waals surface area (Å²) in [4.78, 5) is 2.50. The Morgan fingerprint density at radius 1 is 1.02 bits per heavy atom. The summed E-state index contributed by atoms with van der Waals surface area (Å²) in [5.41, 5.74) is 18.7. The lowest BCUT2D eigenvalue weighted by molar-refractivity contribution is 0.772. The molecule has 0 aromatic heterocycles. The molecule has 1 atom stereocenters. The highest BCUT2D eigenvalue weighted by Crippen LogP contribution is 2.37. The molecule has 42 heavy (non-hydrogen) atoms. The molecule has 0 radical (unpaired) electrons. The topological polar surface area (TPSA) is 29.3 Å². The Bertz CT molecular complexity index is 1750. The van der Waals surface area contributed by atoms with E-state index in [9.17, 15) is 0 Å². The zero-order chi connectivity index (χ0) is 29.1. The van der Waals surface area contributed by atoms with Crippen LogP contribution < -0.4 is 10.6 Å². The van der Waals surface area contributed by atoms with E-state index in [0.29, 0.717) is 5.92 Å². The quantitative estimate of drug-likeness (QED) is 0.175. The second-order valence-corrected chi connectivity index (χ2v) is 11.6. The molecule has 2 aliphatic rings. The Balaban J connectivity index is 1.30. The Morgan fingerprint density at radius 2 is 1.86 bits per heavy atom. The van der Waals surface area contributed by atoms with E-state index in [2.05, 4.69) is 129 Å². The lowest BCUT2D eigenvalue weighted by Crippen LogP contribution is -2.24. The zero-order valence-corrected chi connectivity index (χ0v) is 24.8. The minimum atomic E-state index is 0.563. The van der Waals surface area contributed by atoms with E-state index in [-0.39, 0.29) is 0 Å². The van der Waals surface area contributed by atoms with E-state index in [1.807, 2.05) is 12.1 Å². The average Bonchev–Trinajstić information content (AvgIpc) is 3.03. The van der Waals surface area contributed by atoms with Crippen molar-refractivity contribution in [2.75, 3.05) is 17.2 Å². The molecule has 210 valence electrons. The number of rotatable bonds is 8. The van der Waals surface area contributed by atoms with Crippen molar-refractivity contribution < 1.29 is 0 Å². The number of hydrogen-bond donors (Lipinski definition) is 1. The van der Waals surface area contributed by atoms with E-state index in [4.69, 9.17) is 5.73 Å². The molecule has 0 saturated carbocycles. The summed E-state index contributed by atoms with van der Waals surface area (Å²) in [7, 11) is 0. The number of nitrogens with two attached hydrogens (primary N) is 1. The molecule has 1 unspecified atom stereocenters. The van der Waals surface area contributed by atoms with Crippen LogP contribution in [0.25, 0.3) is 33.5 Å². The minimum absolute atomic E-state index is 0.563. The van der Waals surface area contributed by atoms with Crippen molar-refractivity contribution in [1.29, 1.82) is 0 Å². The standard InChI is InChI=1S/C40H40N2/c1-4-10-30(33-18-17-32-21-24-40(41)29(3)39(32)27-33)25-26-42(34-12-6-5-7-13-34)35-22-19-31(20-23-35)37-15-9-14-36-28(2)11-8-16-38(36)37/h4-6,8-10,12,14-24,27-28H,1,7,11,13,25-26,41H2,2-3H3/b30-10+. The third kappa shape index (κ3) is 5.50. The number of benzene rings is 4. The van der Waals surface area contributed by atoms with Crippen LogP contribution in [0.3, 0.4) is 0 Å². The molecule has 2 N–H and O–H groups in total. The summed E-state index contributed by atoms with van der Waals surface area (Å²) in [6, 6.07) is 26.7. The average molecular weight is 549 g/mol. The van der Waals surface area contributed by atoms with Crippen molar-refractivity contribution in [3.63, 3.8) is 0 Å². The fourth-order valence-electron chi connectivity index (χ4n) is 6.43. The molecule has 2 nitrogen and oxygen atoms in total. The van der Waals surface area contributed by atoms with Gasteiger partial charge in [-0.1, -0.05) is 98.5 Å². The summed E-state index contributed by atoms with van der Waals surface area (Å²) < 4.78 is 0. The highest BCUT2D eigenvalue weighted by atomic mass is 15.1. The van der Waals surface area contributed by atoms with Crippen molar-refractivity contribution in [1.82, 2.24) is 0 Å². The van der Waals surface area contributed by atoms with E-state index in [0.717, 1.165) is 43.5 Å². The van der Waals surface area contributed by atoms with Gasteiger partial charge in [-0.05, 0) is 119 Å². The van der Waals surface area contributed by atoms with Crippen LogP contribution in [0, 0.1) is 6.92 Å². The first-order chi connectivity index (χ1) is 20.5. The first kappa shape index (κ1) is 27.6. The summed E-state index contributed by atoms with van der Waals surface area (Å²) in [6.07, 6.45) is 19.5. The van der Waals surface area contributed by atoms with Gasteiger partial charge in [-0.15, -0.1) is 0 Å². The number of nitrogens with zero attached hydrogens (tertiary/aromatic N) is 1. The van der Waals surface area contributed by atoms with Crippen LogP contribution >= 0.6 is 0 Å². The van der Waals surface area contributed by atoms with Gasteiger partial charge < -0.3 is 10.6 Å². The van der Waals surface area contributed by atoms with E-state index < -0.39 is 0 Å². The van der Waals surface area contributed by atoms with Crippen LogP contribution in [0.2, 0.25) is 0 Å². The highest BCUT2D eigenvalue weighted by molar-refractivity contribution is 5.92. The predicted octanol–water partition coefficient (Wildman–Crippen LogP) is 10.6. The lowest BCUT2D eigenvalue weighted by atomic mass is 9.84. The van der Waals surface area contributed by atoms with Crippen molar-refractivity contribution in [2.24, 2.45) is 0 Å². The molecule has 6 rings (SSSR count). The third-order valence-corrected chi connectivity index (χ3v) is 8.90. The molecule has 0 spiro atoms. The molecule has 4 aromatic carbocycles. The molecule has 0 amide bonds. The predicted molar refractivity (Wildman–Crippen MR) is 184 cm³/mol. The molecule has 0 bridgehead atoms. The number of aryl methyl sites for hydroxylation is 1. The smallest absolute Gasteiger partial charge is 0.0408 e. The largest absolute Gasteiger partial charge is 0.398 e. The van der Waals surface area contributed by atoms with Crippen LogP contribution in [0.1, 0.15) is 60.8 Å². The Labute approximate surface area is 250 Å². The SMILES string of the molecule is C=C/C=C(\CCN(C1=CC=CCC1)c1ccc(-c2cccc3c2C=CCC3C)cc1)c1ccc2ccc(N)c(C)c2c1. The number of allylic oxidation sites excluding steroid dienone is 7. The lowest BCUT2D eigenvalue weighted by Gasteiger charge is -2.29. The van der Waals surface area contributed by atoms with Gasteiger partial charge in [-0.25, -0.2) is 0 Å². The molecular formula is C40H40N2. The maximum Gasteiger partial charge on any atom is 0.0408 e. The summed E-state index contributed by atoms with van der Waals surface area (Å²) in [6.45, 7) is 9.34. The highest BCUT2D eigenvalue weighted by Gasteiger charge is 2.18. The maximum absolute atomic E-state index is 6.25. The van der Waals surface area contributed by atoms with Crippen LogP contribution in [0.5, 0.6) is 0 Å². The van der Waals surface area contributed by atoms with Gasteiger partial charge in [0.25, 0.3) is 0 Å². The van der Waals surface area contributed by atoms with Crippen molar-refractivity contribution in [3.8, 4) is 11.1 Å². The van der Waals surface area contributed by atoms with Crippen LogP contribution in [0.15, 0.2) is 122 Å². The number of nitrogen functional groups attached to an aromatic ring is 1. The van der Waals surface area contributed by atoms with Gasteiger partial charge in [0, 0.05) is 23.6 Å². The van der Waals surface area contributed by atoms with E-state index in [1.165, 1.54) is 55.5 Å². The van der Waals surface area contributed by atoms with Gasteiger partial charge in [-0.2, -0.15) is 0 Å². The number of anilines is 2. The fraction of sp³-hybridized carbons (Fsp3) is 0.200. The molecule has 2 heteroatoms. The summed E-state index contributed by atoms with van der Waals surface area (Å²) in [5, 5.41) is 2.43. The number of fused-ring (bicyclic) bond motifs is 2. The first-order valence-corrected chi connectivity index (χ1v) is 15.2. The van der Waals surface area contributed by atoms with Crippen molar-refractivity contribution >= 4 is 33.8 Å². The van der Waals surface area contributed by atoms with Gasteiger partial charge in [0.1, 0.15) is 0 Å². The van der Waals surface area contributed by atoms with Gasteiger partial charge >= 0.3 is 0 Å². The summed E-state index contributed by atoms with van der Waals surface area (Å²) in [5.74, 6) is 0.563. The Hall–Kier alpha value is -4.56. The van der Waals surface area contributed by atoms with Gasteiger partial charge in [0.05, 0.1) is 0 Å². The summed E-state index contributed by atoms with van der Waals surface area (Å²) >= 11 is 0. The zero-order valence-electron chi connectivity index (χ0n) is 24.8. The first-order valence-electron chi connectivity index (χ1n) is 15.2. The second-order valence-electron chi connectivity index (χ2n) is 11.6. The van der Waals surface area contributed by atoms with Crippen molar-refractivity contribution in [3.05, 3.63) is 144 Å². The maximum atomic E-state index is 6.25. The molecule has 0 saturated heterocycles. The molecular weight excluding hydrogens is 508 g/mol. The Kier molecular flexibility index (Phi) is 7.97. The van der Waals surface area contributed by atoms with Crippen LogP contribution in [-0.2, 0) is 0 Å². The molecule has 0 fully saturated rings. The minimum Gasteiger partial charge on any atom is -0.398 e. The van der Waals surface area contributed by atoms with E-state index in [1.54, 1.807) is 0 Å². The second kappa shape index (κ2) is 12.1. The Morgan fingerprint density at radius 3 is 2.64 bits per heavy atom. The van der Waals surface area contributed by atoms with Crippen LogP contribution in [-0.4, -0.2) is 6.54 Å². The molecule has 2 aliphatic carbocycles. The molecule has 4 aromatic rings. The van der Waals surface area contributed by atoms with Gasteiger partial charge in [0.15, 0.2) is 0 Å². The van der Waals surface area contributed by atoms with E-state index >= 15 is 0 Å². The van der Waals surface area contributed by atoms with Gasteiger partial charge in [-0.3, -0.25) is 0 Å². The monoisotopic (exact) mass is 548 g/mol. The van der Waals surface area contributed by atoms with Gasteiger partial charge in [0.2, 0.25) is 0 Å². The fourth-order valence-corrected chi connectivity index (χ4v) is 6.43. The number of hydrogen-bond acceptors (Lipinski definition) is 2. The molecule has 0 aliphatic heterocycles. The molecule has 0 heterocycles. The third-order valence-electron chi connectivity index (χ3n) is 8.90. The normalized spacial score (nSPS) is 16.3.